The molecule has 5 nitrogen and oxygen atoms in total. The molecule has 2 N–H and O–H groups in total. The van der Waals surface area contributed by atoms with E-state index in [1.807, 2.05) is 6.92 Å². The average Bonchev–Trinajstić information content (AvgIpc) is 2.93. The summed E-state index contributed by atoms with van der Waals surface area (Å²) in [6.07, 6.45) is 2.68. The van der Waals surface area contributed by atoms with E-state index in [1.54, 1.807) is 30.5 Å². The van der Waals surface area contributed by atoms with E-state index in [0.717, 1.165) is 16.3 Å². The van der Waals surface area contributed by atoms with Crippen molar-refractivity contribution in [1.29, 1.82) is 0 Å². The number of nitrogens with one attached hydrogen (secondary N) is 1. The van der Waals surface area contributed by atoms with Gasteiger partial charge >= 0.3 is 0 Å². The number of sulfonamides is 1. The first-order valence-electron chi connectivity index (χ1n) is 6.62. The second kappa shape index (κ2) is 7.13. The van der Waals surface area contributed by atoms with Gasteiger partial charge in [0, 0.05) is 11.1 Å². The molecule has 1 aromatic carbocycles. The third-order valence-corrected chi connectivity index (χ3v) is 5.36. The van der Waals surface area contributed by atoms with Crippen molar-refractivity contribution in [3.05, 3.63) is 51.5 Å². The predicted octanol–water partition coefficient (Wildman–Crippen LogP) is 1.82. The van der Waals surface area contributed by atoms with Crippen LogP contribution in [0.2, 0.25) is 0 Å². The van der Waals surface area contributed by atoms with Gasteiger partial charge in [0.2, 0.25) is 10.0 Å². The summed E-state index contributed by atoms with van der Waals surface area (Å²) >= 11 is 1.51. The van der Waals surface area contributed by atoms with Gasteiger partial charge in [0.25, 0.3) is 0 Å². The Morgan fingerprint density at radius 1 is 1.33 bits per heavy atom. The van der Waals surface area contributed by atoms with E-state index in [0.29, 0.717) is 11.1 Å². The van der Waals surface area contributed by atoms with Crippen LogP contribution in [0.1, 0.15) is 27.9 Å². The summed E-state index contributed by atoms with van der Waals surface area (Å²) in [5.41, 5.74) is 1.36. The number of aliphatic hydroxyl groups is 1. The van der Waals surface area contributed by atoms with Crippen LogP contribution >= 0.6 is 11.3 Å². The van der Waals surface area contributed by atoms with Crippen LogP contribution in [0.5, 0.6) is 0 Å². The number of aromatic nitrogens is 1. The fourth-order valence-corrected chi connectivity index (χ4v) is 3.82. The molecule has 0 fully saturated rings. The van der Waals surface area contributed by atoms with E-state index >= 15 is 0 Å². The van der Waals surface area contributed by atoms with E-state index in [2.05, 4.69) is 9.71 Å². The van der Waals surface area contributed by atoms with Crippen molar-refractivity contribution in [2.24, 2.45) is 0 Å². The third kappa shape index (κ3) is 4.89. The van der Waals surface area contributed by atoms with Crippen molar-refractivity contribution in [3.8, 4) is 0 Å². The summed E-state index contributed by atoms with van der Waals surface area (Å²) in [6.45, 7) is 2.16. The Balaban J connectivity index is 1.98. The van der Waals surface area contributed by atoms with E-state index in [-0.39, 0.29) is 18.9 Å². The highest BCUT2D eigenvalue weighted by Gasteiger charge is 2.12. The highest BCUT2D eigenvalue weighted by Crippen LogP contribution is 2.14. The normalized spacial score (nSPS) is 11.7. The summed E-state index contributed by atoms with van der Waals surface area (Å²) < 4.78 is 26.7. The fraction of sp³-hybridized carbons (Fsp3) is 0.357. The molecule has 0 aliphatic rings. The Hall–Kier alpha value is -1.28. The number of hydrogen-bond acceptors (Lipinski definition) is 5. The molecule has 0 radical (unpaired) electrons. The lowest BCUT2D eigenvalue weighted by Crippen LogP contribution is -2.24. The van der Waals surface area contributed by atoms with Crippen LogP contribution in [0.15, 0.2) is 30.5 Å². The average molecular weight is 326 g/mol. The van der Waals surface area contributed by atoms with Gasteiger partial charge in [-0.3, -0.25) is 0 Å². The Kier molecular flexibility index (Phi) is 5.46. The molecule has 0 aliphatic heterocycles. The van der Waals surface area contributed by atoms with Gasteiger partial charge in [-0.2, -0.15) is 0 Å². The van der Waals surface area contributed by atoms with Crippen LogP contribution in [-0.2, 0) is 35.3 Å². The van der Waals surface area contributed by atoms with Gasteiger partial charge in [0.15, 0.2) is 0 Å². The Morgan fingerprint density at radius 2 is 2.10 bits per heavy atom. The van der Waals surface area contributed by atoms with Crippen LogP contribution in [0.25, 0.3) is 0 Å². The number of rotatable bonds is 7. The molecule has 0 saturated carbocycles. The first-order chi connectivity index (χ1) is 10.0. The van der Waals surface area contributed by atoms with Crippen LogP contribution < -0.4 is 4.72 Å². The summed E-state index contributed by atoms with van der Waals surface area (Å²) in [5, 5.41) is 9.83. The maximum absolute atomic E-state index is 12.1. The zero-order valence-corrected chi connectivity index (χ0v) is 13.4. The summed E-state index contributed by atoms with van der Waals surface area (Å²) in [4.78, 5) is 5.32. The summed E-state index contributed by atoms with van der Waals surface area (Å²) in [5.74, 6) is -0.104. The van der Waals surface area contributed by atoms with Gasteiger partial charge < -0.3 is 5.11 Å². The van der Waals surface area contributed by atoms with Crippen LogP contribution in [-0.4, -0.2) is 18.5 Å². The molecule has 0 spiro atoms. The molecule has 114 valence electrons. The standard InChI is InChI=1S/C14H18N2O3S2/c1-2-13-7-15-14(20-13)8-16-21(18,19)10-12-5-3-4-11(6-12)9-17/h3-7,16-17H,2,8-10H2,1H3. The van der Waals surface area contributed by atoms with Crippen molar-refractivity contribution in [1.82, 2.24) is 9.71 Å². The van der Waals surface area contributed by atoms with Gasteiger partial charge in [0.1, 0.15) is 5.01 Å². The number of aliphatic hydroxyl groups excluding tert-OH is 1. The SMILES string of the molecule is CCc1cnc(CNS(=O)(=O)Cc2cccc(CO)c2)s1. The molecule has 21 heavy (non-hydrogen) atoms. The smallest absolute Gasteiger partial charge is 0.216 e. The highest BCUT2D eigenvalue weighted by molar-refractivity contribution is 7.88. The van der Waals surface area contributed by atoms with Gasteiger partial charge in [-0.05, 0) is 17.5 Å². The Bertz CT molecular complexity index is 696. The fourth-order valence-electron chi connectivity index (χ4n) is 1.85. The third-order valence-electron chi connectivity index (χ3n) is 2.92. The molecule has 1 heterocycles. The number of thiazole rings is 1. The van der Waals surface area contributed by atoms with Crippen molar-refractivity contribution < 1.29 is 13.5 Å². The second-order valence-corrected chi connectivity index (χ2v) is 7.64. The second-order valence-electron chi connectivity index (χ2n) is 4.63. The number of aryl methyl sites for hydroxylation is 1. The van der Waals surface area contributed by atoms with Crippen molar-refractivity contribution >= 4 is 21.4 Å². The quantitative estimate of drug-likeness (QED) is 0.813. The molecule has 0 unspecified atom stereocenters. The summed E-state index contributed by atoms with van der Waals surface area (Å²) in [6, 6.07) is 6.92. The molecule has 0 bridgehead atoms. The van der Waals surface area contributed by atoms with E-state index in [4.69, 9.17) is 5.11 Å². The van der Waals surface area contributed by atoms with Crippen LogP contribution in [0.3, 0.4) is 0 Å². The van der Waals surface area contributed by atoms with Crippen molar-refractivity contribution in [2.45, 2.75) is 32.2 Å². The molecule has 0 atom stereocenters. The molecular formula is C14H18N2O3S2. The Morgan fingerprint density at radius 3 is 2.76 bits per heavy atom. The molecule has 7 heteroatoms. The molecular weight excluding hydrogens is 308 g/mol. The number of benzene rings is 1. The minimum Gasteiger partial charge on any atom is -0.392 e. The zero-order valence-electron chi connectivity index (χ0n) is 11.7. The summed E-state index contributed by atoms with van der Waals surface area (Å²) in [7, 11) is -3.42. The largest absolute Gasteiger partial charge is 0.392 e. The lowest BCUT2D eigenvalue weighted by atomic mass is 10.1. The van der Waals surface area contributed by atoms with Gasteiger partial charge in [-0.25, -0.2) is 18.1 Å². The molecule has 0 aliphatic carbocycles. The van der Waals surface area contributed by atoms with Crippen LogP contribution in [0.4, 0.5) is 0 Å². The molecule has 2 aromatic rings. The van der Waals surface area contributed by atoms with Crippen molar-refractivity contribution in [2.75, 3.05) is 0 Å². The lowest BCUT2D eigenvalue weighted by Gasteiger charge is -2.06. The highest BCUT2D eigenvalue weighted by atomic mass is 32.2. The maximum atomic E-state index is 12.1. The molecule has 0 amide bonds. The van der Waals surface area contributed by atoms with E-state index in [1.165, 1.54) is 11.3 Å². The predicted molar refractivity (Wildman–Crippen MR) is 83.3 cm³/mol. The molecule has 1 aromatic heterocycles. The topological polar surface area (TPSA) is 79.3 Å². The van der Waals surface area contributed by atoms with Gasteiger partial charge in [-0.15, -0.1) is 11.3 Å². The zero-order chi connectivity index (χ0) is 15.3. The maximum Gasteiger partial charge on any atom is 0.216 e. The molecule has 2 rings (SSSR count). The monoisotopic (exact) mass is 326 g/mol. The first-order valence-corrected chi connectivity index (χ1v) is 9.09. The van der Waals surface area contributed by atoms with Crippen molar-refractivity contribution in [3.63, 3.8) is 0 Å². The van der Waals surface area contributed by atoms with Gasteiger partial charge in [0.05, 0.1) is 18.9 Å². The number of nitrogens with zero attached hydrogens (tertiary/aromatic N) is 1. The van der Waals surface area contributed by atoms with E-state index in [9.17, 15) is 8.42 Å². The minimum absolute atomic E-state index is 0.0970. The lowest BCUT2D eigenvalue weighted by molar-refractivity contribution is 0.282. The Labute approximate surface area is 128 Å². The van der Waals surface area contributed by atoms with Crippen LogP contribution in [0, 0.1) is 0 Å². The minimum atomic E-state index is -3.42. The first kappa shape index (κ1) is 16.1. The molecule has 0 saturated heterocycles. The van der Waals surface area contributed by atoms with Gasteiger partial charge in [-0.1, -0.05) is 31.2 Å². The van der Waals surface area contributed by atoms with E-state index < -0.39 is 10.0 Å². The number of hydrogen-bond donors (Lipinski definition) is 2.